The summed E-state index contributed by atoms with van der Waals surface area (Å²) in [6.07, 6.45) is 0. The predicted octanol–water partition coefficient (Wildman–Crippen LogP) is 0.555. The second-order valence-electron chi connectivity index (χ2n) is 7.44. The fourth-order valence-electron chi connectivity index (χ4n) is 3.57. The van der Waals surface area contributed by atoms with Crippen molar-refractivity contribution in [2.75, 3.05) is 32.7 Å². The third kappa shape index (κ3) is 4.60. The number of nitrogens with zero attached hydrogens (tertiary/aromatic N) is 8. The minimum absolute atomic E-state index is 0.0966. The molecular weight excluding hydrogens is 372 g/mol. The molecule has 1 aliphatic heterocycles. The molecule has 0 N–H and O–H groups in total. The lowest BCUT2D eigenvalue weighted by Gasteiger charge is -2.33. The maximum absolute atomic E-state index is 12.2. The molecule has 154 valence electrons. The van der Waals surface area contributed by atoms with E-state index < -0.39 is 0 Å². The molecule has 3 aromatic rings. The first-order valence-electron chi connectivity index (χ1n) is 9.83. The number of hydrogen-bond acceptors (Lipinski definition) is 8. The zero-order valence-corrected chi connectivity index (χ0v) is 17.1. The summed E-state index contributed by atoms with van der Waals surface area (Å²) < 4.78 is 8.49. The van der Waals surface area contributed by atoms with Gasteiger partial charge in [-0.05, 0) is 32.9 Å². The van der Waals surface area contributed by atoms with Crippen molar-refractivity contribution in [2.45, 2.75) is 33.9 Å². The van der Waals surface area contributed by atoms with Crippen LogP contribution in [0.4, 0.5) is 0 Å². The molecule has 0 saturated carbocycles. The van der Waals surface area contributed by atoms with Crippen molar-refractivity contribution < 1.29 is 4.52 Å². The average molecular weight is 398 g/mol. The Balaban J connectivity index is 1.33. The van der Waals surface area contributed by atoms with E-state index in [0.29, 0.717) is 30.6 Å². The molecule has 1 aliphatic rings. The van der Waals surface area contributed by atoms with Crippen LogP contribution < -0.4 is 5.56 Å². The van der Waals surface area contributed by atoms with Crippen molar-refractivity contribution in [3.63, 3.8) is 0 Å². The van der Waals surface area contributed by atoms with Crippen LogP contribution in [-0.2, 0) is 13.1 Å². The average Bonchev–Trinajstić information content (AvgIpc) is 3.26. The van der Waals surface area contributed by atoms with Crippen molar-refractivity contribution in [1.82, 2.24) is 39.5 Å². The molecular formula is C19H26N8O2. The van der Waals surface area contributed by atoms with E-state index in [4.69, 9.17) is 4.52 Å². The van der Waals surface area contributed by atoms with Gasteiger partial charge in [-0.25, -0.2) is 9.36 Å². The van der Waals surface area contributed by atoms with Gasteiger partial charge in [0.1, 0.15) is 0 Å². The van der Waals surface area contributed by atoms with E-state index in [-0.39, 0.29) is 5.56 Å². The third-order valence-corrected chi connectivity index (χ3v) is 5.10. The van der Waals surface area contributed by atoms with Gasteiger partial charge in [0.25, 0.3) is 5.56 Å². The van der Waals surface area contributed by atoms with Crippen LogP contribution in [0.5, 0.6) is 0 Å². The summed E-state index contributed by atoms with van der Waals surface area (Å²) in [4.78, 5) is 21.2. The summed E-state index contributed by atoms with van der Waals surface area (Å²) in [5, 5.41) is 12.8. The smallest absolute Gasteiger partial charge is 0.266 e. The Morgan fingerprint density at radius 3 is 2.41 bits per heavy atom. The number of aromatic nitrogens is 6. The van der Waals surface area contributed by atoms with Crippen molar-refractivity contribution in [1.29, 1.82) is 0 Å². The number of hydrogen-bond donors (Lipinski definition) is 0. The lowest BCUT2D eigenvalue weighted by molar-refractivity contribution is 0.113. The van der Waals surface area contributed by atoms with Crippen LogP contribution in [0.15, 0.2) is 27.5 Å². The molecule has 0 unspecified atom stereocenters. The van der Waals surface area contributed by atoms with Crippen molar-refractivity contribution >= 4 is 0 Å². The van der Waals surface area contributed by atoms with Crippen LogP contribution in [0.25, 0.3) is 5.82 Å². The number of rotatable bonds is 6. The molecule has 1 fully saturated rings. The maximum atomic E-state index is 12.2. The first-order chi connectivity index (χ1) is 14.0. The van der Waals surface area contributed by atoms with E-state index in [2.05, 4.69) is 30.1 Å². The van der Waals surface area contributed by atoms with Crippen molar-refractivity contribution in [2.24, 2.45) is 0 Å². The first-order valence-corrected chi connectivity index (χ1v) is 9.83. The Morgan fingerprint density at radius 1 is 1.00 bits per heavy atom. The maximum Gasteiger partial charge on any atom is 0.266 e. The Labute approximate surface area is 168 Å². The van der Waals surface area contributed by atoms with Crippen LogP contribution in [0.2, 0.25) is 0 Å². The Bertz CT molecular complexity index is 1030. The summed E-state index contributed by atoms with van der Waals surface area (Å²) in [5.41, 5.74) is 1.82. The zero-order valence-electron chi connectivity index (χ0n) is 17.1. The monoisotopic (exact) mass is 398 g/mol. The van der Waals surface area contributed by atoms with Crippen LogP contribution in [0.3, 0.4) is 0 Å². The minimum Gasteiger partial charge on any atom is -0.338 e. The lowest BCUT2D eigenvalue weighted by atomic mass is 10.3. The molecule has 10 nitrogen and oxygen atoms in total. The molecule has 29 heavy (non-hydrogen) atoms. The second-order valence-corrected chi connectivity index (χ2v) is 7.44. The molecule has 0 atom stereocenters. The standard InChI is InChI=1S/C19H26N8O2/c1-14-12-15(2)27(21-14)17-4-5-19(28)26(22-17)11-10-24-6-8-25(9-7-24)13-18-20-16(3)23-29-18/h4-5,12H,6-11,13H2,1-3H3. The first kappa shape index (κ1) is 19.5. The Hall–Kier alpha value is -2.85. The Kier molecular flexibility index (Phi) is 5.54. The van der Waals surface area contributed by atoms with Crippen LogP contribution in [0.1, 0.15) is 23.1 Å². The van der Waals surface area contributed by atoms with Gasteiger partial charge in [0, 0.05) is 44.5 Å². The quantitative estimate of drug-likeness (QED) is 0.594. The van der Waals surface area contributed by atoms with Gasteiger partial charge < -0.3 is 4.52 Å². The summed E-state index contributed by atoms with van der Waals surface area (Å²) in [6.45, 7) is 11.5. The normalized spacial score (nSPS) is 15.8. The van der Waals surface area contributed by atoms with Crippen LogP contribution in [0, 0.1) is 20.8 Å². The predicted molar refractivity (Wildman–Crippen MR) is 106 cm³/mol. The lowest BCUT2D eigenvalue weighted by Crippen LogP contribution is -2.47. The molecule has 3 aromatic heterocycles. The van der Waals surface area contributed by atoms with E-state index >= 15 is 0 Å². The highest BCUT2D eigenvalue weighted by molar-refractivity contribution is 5.23. The summed E-state index contributed by atoms with van der Waals surface area (Å²) in [5.74, 6) is 1.99. The van der Waals surface area contributed by atoms with E-state index in [1.807, 2.05) is 26.8 Å². The van der Waals surface area contributed by atoms with E-state index in [0.717, 1.165) is 44.1 Å². The fourth-order valence-corrected chi connectivity index (χ4v) is 3.57. The minimum atomic E-state index is -0.0966. The molecule has 10 heteroatoms. The number of aryl methyl sites for hydroxylation is 3. The molecule has 1 saturated heterocycles. The second kappa shape index (κ2) is 8.26. The van der Waals surface area contributed by atoms with Gasteiger partial charge in [0.05, 0.1) is 18.8 Å². The van der Waals surface area contributed by atoms with E-state index in [1.165, 1.54) is 4.68 Å². The van der Waals surface area contributed by atoms with Gasteiger partial charge >= 0.3 is 0 Å². The molecule has 4 heterocycles. The molecule has 0 aliphatic carbocycles. The molecule has 0 amide bonds. The molecule has 0 aromatic carbocycles. The highest BCUT2D eigenvalue weighted by Gasteiger charge is 2.19. The largest absolute Gasteiger partial charge is 0.338 e. The van der Waals surface area contributed by atoms with Crippen molar-refractivity contribution in [3.05, 3.63) is 51.7 Å². The zero-order chi connectivity index (χ0) is 20.4. The Morgan fingerprint density at radius 2 is 1.76 bits per heavy atom. The molecule has 0 bridgehead atoms. The van der Waals surface area contributed by atoms with E-state index in [9.17, 15) is 4.79 Å². The molecule has 0 spiro atoms. The van der Waals surface area contributed by atoms with Crippen molar-refractivity contribution in [3.8, 4) is 5.82 Å². The SMILES string of the molecule is Cc1cc(C)n(-c2ccc(=O)n(CCN3CCN(Cc4nc(C)no4)CC3)n2)n1. The number of piperazine rings is 1. The van der Waals surface area contributed by atoms with Gasteiger partial charge in [-0.1, -0.05) is 5.16 Å². The molecule has 0 radical (unpaired) electrons. The van der Waals surface area contributed by atoms with Gasteiger partial charge in [0.15, 0.2) is 11.6 Å². The molecule has 4 rings (SSSR count). The fraction of sp³-hybridized carbons (Fsp3) is 0.526. The third-order valence-electron chi connectivity index (χ3n) is 5.10. The summed E-state index contributed by atoms with van der Waals surface area (Å²) in [6, 6.07) is 5.27. The van der Waals surface area contributed by atoms with Gasteiger partial charge in [-0.2, -0.15) is 10.1 Å². The summed E-state index contributed by atoms with van der Waals surface area (Å²) >= 11 is 0. The van der Waals surface area contributed by atoms with Crippen LogP contribution >= 0.6 is 0 Å². The van der Waals surface area contributed by atoms with Gasteiger partial charge in [-0.3, -0.25) is 14.6 Å². The summed E-state index contributed by atoms with van der Waals surface area (Å²) in [7, 11) is 0. The van der Waals surface area contributed by atoms with E-state index in [1.54, 1.807) is 16.8 Å². The van der Waals surface area contributed by atoms with Gasteiger partial charge in [0.2, 0.25) is 5.89 Å². The van der Waals surface area contributed by atoms with Gasteiger partial charge in [-0.15, -0.1) is 5.10 Å². The highest BCUT2D eigenvalue weighted by atomic mass is 16.5. The highest BCUT2D eigenvalue weighted by Crippen LogP contribution is 2.09. The van der Waals surface area contributed by atoms with Crippen LogP contribution in [-0.4, -0.2) is 72.2 Å². The topological polar surface area (TPSA) is 98.1 Å².